The van der Waals surface area contributed by atoms with Crippen LogP contribution < -0.4 is 5.32 Å². The van der Waals surface area contributed by atoms with Crippen LogP contribution in [0.15, 0.2) is 22.9 Å². The summed E-state index contributed by atoms with van der Waals surface area (Å²) in [4.78, 5) is 6.54. The first kappa shape index (κ1) is 13.0. The van der Waals surface area contributed by atoms with Crippen LogP contribution in [0.4, 0.5) is 0 Å². The van der Waals surface area contributed by atoms with E-state index >= 15 is 0 Å². The van der Waals surface area contributed by atoms with Gasteiger partial charge in [-0.05, 0) is 60.9 Å². The number of nitrogens with zero attached hydrogens (tertiary/aromatic N) is 2. The summed E-state index contributed by atoms with van der Waals surface area (Å²) < 4.78 is 1.04. The molecule has 94 valence electrons. The van der Waals surface area contributed by atoms with E-state index in [1.54, 1.807) is 0 Å². The van der Waals surface area contributed by atoms with E-state index in [0.29, 0.717) is 5.54 Å². The number of hydrogen-bond donors (Lipinski definition) is 1. The van der Waals surface area contributed by atoms with Crippen molar-refractivity contribution in [2.24, 2.45) is 0 Å². The van der Waals surface area contributed by atoms with Gasteiger partial charge < -0.3 is 10.2 Å². The Hall–Kier alpha value is -0.450. The van der Waals surface area contributed by atoms with Crippen molar-refractivity contribution in [2.45, 2.75) is 31.3 Å². The van der Waals surface area contributed by atoms with Crippen molar-refractivity contribution in [2.75, 3.05) is 20.6 Å². The Balaban J connectivity index is 1.83. The van der Waals surface area contributed by atoms with E-state index in [0.717, 1.165) is 17.6 Å². The number of pyridine rings is 1. The average molecular weight is 298 g/mol. The van der Waals surface area contributed by atoms with Crippen molar-refractivity contribution >= 4 is 15.9 Å². The van der Waals surface area contributed by atoms with E-state index in [1.165, 1.54) is 24.8 Å². The van der Waals surface area contributed by atoms with Crippen LogP contribution >= 0.6 is 15.9 Å². The molecule has 0 amide bonds. The van der Waals surface area contributed by atoms with Gasteiger partial charge in [0.25, 0.3) is 0 Å². The predicted molar refractivity (Wildman–Crippen MR) is 73.9 cm³/mol. The van der Waals surface area contributed by atoms with E-state index in [1.807, 2.05) is 12.4 Å². The van der Waals surface area contributed by atoms with Crippen LogP contribution in [0.25, 0.3) is 0 Å². The number of nitrogens with one attached hydrogen (secondary N) is 1. The zero-order chi connectivity index (χ0) is 12.3. The Morgan fingerprint density at radius 1 is 1.41 bits per heavy atom. The molecule has 3 nitrogen and oxygen atoms in total. The second kappa shape index (κ2) is 5.46. The Bertz CT molecular complexity index is 375. The molecule has 0 aliphatic heterocycles. The van der Waals surface area contributed by atoms with Gasteiger partial charge in [-0.1, -0.05) is 0 Å². The Morgan fingerprint density at radius 3 is 2.71 bits per heavy atom. The summed E-state index contributed by atoms with van der Waals surface area (Å²) in [7, 11) is 4.36. The fraction of sp³-hybridized carbons (Fsp3) is 0.615. The molecular formula is C13H20BrN3. The summed E-state index contributed by atoms with van der Waals surface area (Å²) in [6.45, 7) is 1.95. The Morgan fingerprint density at radius 2 is 2.18 bits per heavy atom. The van der Waals surface area contributed by atoms with Gasteiger partial charge in [0.05, 0.1) is 0 Å². The molecule has 1 N–H and O–H groups in total. The van der Waals surface area contributed by atoms with Gasteiger partial charge in [-0.25, -0.2) is 0 Å². The molecule has 0 saturated heterocycles. The average Bonchev–Trinajstić information content (AvgIpc) is 2.21. The third-order valence-corrected chi connectivity index (χ3v) is 4.21. The van der Waals surface area contributed by atoms with Crippen LogP contribution in [-0.2, 0) is 6.54 Å². The first-order chi connectivity index (χ1) is 8.12. The minimum Gasteiger partial charge on any atom is -0.311 e. The number of aromatic nitrogens is 1. The van der Waals surface area contributed by atoms with E-state index < -0.39 is 0 Å². The van der Waals surface area contributed by atoms with Gasteiger partial charge in [-0.15, -0.1) is 0 Å². The molecule has 1 aliphatic rings. The van der Waals surface area contributed by atoms with Crippen molar-refractivity contribution in [3.8, 4) is 0 Å². The Kier molecular flexibility index (Phi) is 4.17. The van der Waals surface area contributed by atoms with Crippen molar-refractivity contribution < 1.29 is 0 Å². The molecule has 2 rings (SSSR count). The highest BCUT2D eigenvalue weighted by molar-refractivity contribution is 9.10. The standard InChI is InChI=1S/C13H20BrN3/c1-17(2)13(4-3-5-13)10-16-8-11-6-12(14)9-15-7-11/h6-7,9,16H,3-5,8,10H2,1-2H3. The second-order valence-electron chi connectivity index (χ2n) is 5.09. The molecule has 4 heteroatoms. The highest BCUT2D eigenvalue weighted by Crippen LogP contribution is 2.35. The number of hydrogen-bond acceptors (Lipinski definition) is 3. The summed E-state index contributed by atoms with van der Waals surface area (Å²) >= 11 is 3.44. The van der Waals surface area contributed by atoms with Gasteiger partial charge in [0.15, 0.2) is 0 Å². The van der Waals surface area contributed by atoms with Gasteiger partial charge in [-0.2, -0.15) is 0 Å². The lowest BCUT2D eigenvalue weighted by Crippen LogP contribution is -2.56. The second-order valence-corrected chi connectivity index (χ2v) is 6.00. The van der Waals surface area contributed by atoms with E-state index in [2.05, 4.69) is 51.3 Å². The molecule has 0 radical (unpaired) electrons. The lowest BCUT2D eigenvalue weighted by Gasteiger charge is -2.47. The van der Waals surface area contributed by atoms with Gasteiger partial charge in [-0.3, -0.25) is 4.98 Å². The summed E-state index contributed by atoms with van der Waals surface area (Å²) in [5.41, 5.74) is 1.62. The number of likely N-dealkylation sites (N-methyl/N-ethyl adjacent to an activating group) is 1. The summed E-state index contributed by atoms with van der Waals surface area (Å²) in [6, 6.07) is 2.11. The van der Waals surface area contributed by atoms with Crippen LogP contribution in [0.3, 0.4) is 0 Å². The smallest absolute Gasteiger partial charge is 0.0410 e. The quantitative estimate of drug-likeness (QED) is 0.905. The summed E-state index contributed by atoms with van der Waals surface area (Å²) in [5.74, 6) is 0. The van der Waals surface area contributed by atoms with Crippen LogP contribution in [0.5, 0.6) is 0 Å². The summed E-state index contributed by atoms with van der Waals surface area (Å²) in [6.07, 6.45) is 7.71. The molecule has 1 saturated carbocycles. The van der Waals surface area contributed by atoms with Crippen molar-refractivity contribution in [1.29, 1.82) is 0 Å². The van der Waals surface area contributed by atoms with E-state index in [-0.39, 0.29) is 0 Å². The van der Waals surface area contributed by atoms with E-state index in [9.17, 15) is 0 Å². The molecule has 0 spiro atoms. The number of halogens is 1. The molecule has 1 heterocycles. The van der Waals surface area contributed by atoms with Gasteiger partial charge >= 0.3 is 0 Å². The zero-order valence-electron chi connectivity index (χ0n) is 10.5. The largest absolute Gasteiger partial charge is 0.311 e. The van der Waals surface area contributed by atoms with E-state index in [4.69, 9.17) is 0 Å². The lowest BCUT2D eigenvalue weighted by atomic mass is 9.75. The molecule has 0 atom stereocenters. The fourth-order valence-corrected chi connectivity index (χ4v) is 2.77. The topological polar surface area (TPSA) is 28.2 Å². The predicted octanol–water partition coefficient (Wildman–Crippen LogP) is 2.42. The first-order valence-corrected chi connectivity index (χ1v) is 6.89. The Labute approximate surface area is 112 Å². The van der Waals surface area contributed by atoms with Crippen molar-refractivity contribution in [1.82, 2.24) is 15.2 Å². The minimum atomic E-state index is 0.388. The van der Waals surface area contributed by atoms with Gasteiger partial charge in [0, 0.05) is 35.5 Å². The molecule has 0 unspecified atom stereocenters. The third kappa shape index (κ3) is 3.06. The maximum atomic E-state index is 4.17. The van der Waals surface area contributed by atoms with Gasteiger partial charge in [0.2, 0.25) is 0 Å². The molecule has 0 bridgehead atoms. The van der Waals surface area contributed by atoms with Crippen LogP contribution in [-0.4, -0.2) is 36.1 Å². The monoisotopic (exact) mass is 297 g/mol. The maximum absolute atomic E-state index is 4.17. The molecule has 0 aromatic carbocycles. The van der Waals surface area contributed by atoms with Crippen LogP contribution in [0.1, 0.15) is 24.8 Å². The van der Waals surface area contributed by atoms with Crippen molar-refractivity contribution in [3.63, 3.8) is 0 Å². The minimum absolute atomic E-state index is 0.388. The SMILES string of the molecule is CN(C)C1(CNCc2cncc(Br)c2)CCC1. The fourth-order valence-electron chi connectivity index (χ4n) is 2.36. The number of rotatable bonds is 5. The highest BCUT2D eigenvalue weighted by Gasteiger charge is 2.38. The molecule has 17 heavy (non-hydrogen) atoms. The first-order valence-electron chi connectivity index (χ1n) is 6.10. The third-order valence-electron chi connectivity index (χ3n) is 3.78. The normalized spacial score (nSPS) is 18.1. The molecule has 1 fully saturated rings. The lowest BCUT2D eigenvalue weighted by molar-refractivity contribution is 0.0598. The van der Waals surface area contributed by atoms with Crippen LogP contribution in [0, 0.1) is 0 Å². The maximum Gasteiger partial charge on any atom is 0.0410 e. The molecule has 1 aromatic heterocycles. The molecule has 1 aromatic rings. The zero-order valence-corrected chi connectivity index (χ0v) is 12.1. The summed E-state index contributed by atoms with van der Waals surface area (Å²) in [5, 5.41) is 3.55. The van der Waals surface area contributed by atoms with Gasteiger partial charge in [0.1, 0.15) is 0 Å². The molecule has 1 aliphatic carbocycles. The molecular weight excluding hydrogens is 278 g/mol. The highest BCUT2D eigenvalue weighted by atomic mass is 79.9. The van der Waals surface area contributed by atoms with Crippen LogP contribution in [0.2, 0.25) is 0 Å². The van der Waals surface area contributed by atoms with Crippen molar-refractivity contribution in [3.05, 3.63) is 28.5 Å².